The van der Waals surface area contributed by atoms with Crippen LogP contribution in [-0.4, -0.2) is 25.7 Å². The Morgan fingerprint density at radius 2 is 2.03 bits per heavy atom. The molecule has 3 rings (SSSR count). The summed E-state index contributed by atoms with van der Waals surface area (Å²) in [6, 6.07) is 4.96. The third-order valence-corrected chi connectivity index (χ3v) is 4.61. The van der Waals surface area contributed by atoms with Crippen LogP contribution in [-0.2, 0) is 18.5 Å². The summed E-state index contributed by atoms with van der Waals surface area (Å²) in [6.07, 6.45) is 5.53. The molecule has 1 aromatic carbocycles. The van der Waals surface area contributed by atoms with Gasteiger partial charge < -0.3 is 16.4 Å². The predicted molar refractivity (Wildman–Crippen MR) is 114 cm³/mol. The van der Waals surface area contributed by atoms with E-state index < -0.39 is 5.91 Å². The van der Waals surface area contributed by atoms with Crippen LogP contribution in [0.1, 0.15) is 49.2 Å². The predicted octanol–water partition coefficient (Wildman–Crippen LogP) is 3.58. The van der Waals surface area contributed by atoms with Crippen LogP contribution in [0.5, 0.6) is 0 Å². The SMILES string of the molecule is CCc1cccc(F)c1CNc1nc(Nc2cnn(C(C)(C)C)c2)ncc1C(N)=O. The van der Waals surface area contributed by atoms with Crippen LogP contribution < -0.4 is 16.4 Å². The number of nitrogens with one attached hydrogen (secondary N) is 2. The fraction of sp³-hybridized carbons (Fsp3) is 0.333. The van der Waals surface area contributed by atoms with E-state index in [2.05, 4.69) is 25.7 Å². The van der Waals surface area contributed by atoms with E-state index in [0.717, 1.165) is 5.56 Å². The summed E-state index contributed by atoms with van der Waals surface area (Å²) in [5.41, 5.74) is 7.52. The normalized spacial score (nSPS) is 11.4. The van der Waals surface area contributed by atoms with E-state index in [0.29, 0.717) is 17.7 Å². The number of nitrogens with two attached hydrogens (primary N) is 1. The molecule has 0 saturated heterocycles. The first kappa shape index (κ1) is 21.2. The summed E-state index contributed by atoms with van der Waals surface area (Å²) >= 11 is 0. The second-order valence-corrected chi connectivity index (χ2v) is 7.87. The van der Waals surface area contributed by atoms with Crippen molar-refractivity contribution in [2.24, 2.45) is 5.73 Å². The minimum atomic E-state index is -0.672. The van der Waals surface area contributed by atoms with Crippen molar-refractivity contribution in [2.75, 3.05) is 10.6 Å². The smallest absolute Gasteiger partial charge is 0.254 e. The first-order valence-electron chi connectivity index (χ1n) is 9.68. The Kier molecular flexibility index (Phi) is 6.00. The van der Waals surface area contributed by atoms with Crippen LogP contribution in [0.2, 0.25) is 0 Å². The summed E-state index contributed by atoms with van der Waals surface area (Å²) in [4.78, 5) is 20.3. The first-order chi connectivity index (χ1) is 14.2. The van der Waals surface area contributed by atoms with Crippen molar-refractivity contribution in [1.29, 1.82) is 0 Å². The summed E-state index contributed by atoms with van der Waals surface area (Å²) < 4.78 is 16.1. The van der Waals surface area contributed by atoms with Crippen molar-refractivity contribution in [2.45, 2.75) is 46.2 Å². The molecule has 158 valence electrons. The van der Waals surface area contributed by atoms with Crippen molar-refractivity contribution < 1.29 is 9.18 Å². The number of hydrogen-bond donors (Lipinski definition) is 3. The molecule has 0 aliphatic carbocycles. The average molecular weight is 411 g/mol. The number of carbonyl (C=O) groups is 1. The van der Waals surface area contributed by atoms with E-state index in [1.165, 1.54) is 12.3 Å². The van der Waals surface area contributed by atoms with Gasteiger partial charge in [0.25, 0.3) is 5.91 Å². The van der Waals surface area contributed by atoms with E-state index in [9.17, 15) is 9.18 Å². The summed E-state index contributed by atoms with van der Waals surface area (Å²) in [5.74, 6) is -0.493. The van der Waals surface area contributed by atoms with E-state index in [-0.39, 0.29) is 35.2 Å². The highest BCUT2D eigenvalue weighted by atomic mass is 19.1. The number of halogens is 1. The molecule has 0 aliphatic rings. The molecule has 0 saturated carbocycles. The number of hydrogen-bond acceptors (Lipinski definition) is 6. The maximum atomic E-state index is 14.3. The Morgan fingerprint density at radius 1 is 1.27 bits per heavy atom. The van der Waals surface area contributed by atoms with Crippen molar-refractivity contribution in [3.05, 3.63) is 59.3 Å². The highest BCUT2D eigenvalue weighted by Crippen LogP contribution is 2.21. The van der Waals surface area contributed by atoms with Gasteiger partial charge in [-0.3, -0.25) is 9.48 Å². The zero-order valence-electron chi connectivity index (χ0n) is 17.5. The second kappa shape index (κ2) is 8.48. The largest absolute Gasteiger partial charge is 0.365 e. The molecule has 0 bridgehead atoms. The van der Waals surface area contributed by atoms with E-state index >= 15 is 0 Å². The fourth-order valence-electron chi connectivity index (χ4n) is 2.95. The standard InChI is InChI=1S/C21H26FN7O/c1-5-13-7-6-8-17(22)15(13)10-24-19-16(18(23)30)11-25-20(28-19)27-14-9-26-29(12-14)21(2,3)4/h6-9,11-12H,5,10H2,1-4H3,(H2,23,30)(H2,24,25,27,28). The van der Waals surface area contributed by atoms with Gasteiger partial charge in [0, 0.05) is 24.5 Å². The minimum Gasteiger partial charge on any atom is -0.365 e. The van der Waals surface area contributed by atoms with Gasteiger partial charge in [-0.25, -0.2) is 9.37 Å². The van der Waals surface area contributed by atoms with Gasteiger partial charge in [-0.15, -0.1) is 0 Å². The van der Waals surface area contributed by atoms with Gasteiger partial charge in [0.2, 0.25) is 5.95 Å². The molecule has 3 aromatic rings. The van der Waals surface area contributed by atoms with Crippen LogP contribution in [0.3, 0.4) is 0 Å². The van der Waals surface area contributed by atoms with Gasteiger partial charge in [0.05, 0.1) is 23.0 Å². The number of nitrogens with zero attached hydrogens (tertiary/aromatic N) is 4. The number of carbonyl (C=O) groups excluding carboxylic acids is 1. The maximum absolute atomic E-state index is 14.3. The topological polar surface area (TPSA) is 111 Å². The highest BCUT2D eigenvalue weighted by Gasteiger charge is 2.16. The molecule has 4 N–H and O–H groups in total. The second-order valence-electron chi connectivity index (χ2n) is 7.87. The molecule has 8 nitrogen and oxygen atoms in total. The number of anilines is 3. The first-order valence-corrected chi connectivity index (χ1v) is 9.68. The Bertz CT molecular complexity index is 1060. The molecule has 9 heteroatoms. The monoisotopic (exact) mass is 411 g/mol. The van der Waals surface area contributed by atoms with Crippen molar-refractivity contribution >= 4 is 23.4 Å². The third kappa shape index (κ3) is 4.73. The molecule has 0 atom stereocenters. The van der Waals surface area contributed by atoms with Crippen molar-refractivity contribution in [1.82, 2.24) is 19.7 Å². The third-order valence-electron chi connectivity index (χ3n) is 4.61. The Morgan fingerprint density at radius 3 is 2.67 bits per heavy atom. The number of benzene rings is 1. The van der Waals surface area contributed by atoms with Crippen LogP contribution in [0.4, 0.5) is 21.8 Å². The Hall–Kier alpha value is -3.49. The minimum absolute atomic E-state index is 0.125. The number of amides is 1. The molecule has 0 spiro atoms. The van der Waals surface area contributed by atoms with Crippen LogP contribution >= 0.6 is 0 Å². The van der Waals surface area contributed by atoms with Crippen LogP contribution in [0.15, 0.2) is 36.8 Å². The summed E-state index contributed by atoms with van der Waals surface area (Å²) in [5, 5.41) is 10.4. The zero-order chi connectivity index (χ0) is 21.9. The molecule has 1 amide bonds. The lowest BCUT2D eigenvalue weighted by Crippen LogP contribution is -2.21. The molecule has 0 radical (unpaired) electrons. The number of rotatable bonds is 7. The fourth-order valence-corrected chi connectivity index (χ4v) is 2.95. The maximum Gasteiger partial charge on any atom is 0.254 e. The Labute approximate surface area is 174 Å². The van der Waals surface area contributed by atoms with E-state index in [1.807, 2.05) is 44.6 Å². The van der Waals surface area contributed by atoms with Crippen molar-refractivity contribution in [3.8, 4) is 0 Å². The van der Waals surface area contributed by atoms with Crippen LogP contribution in [0, 0.1) is 5.82 Å². The molecule has 2 heterocycles. The van der Waals surface area contributed by atoms with E-state index in [4.69, 9.17) is 5.73 Å². The van der Waals surface area contributed by atoms with E-state index in [1.54, 1.807) is 12.3 Å². The lowest BCUT2D eigenvalue weighted by molar-refractivity contribution is 0.100. The lowest BCUT2D eigenvalue weighted by Gasteiger charge is -2.18. The van der Waals surface area contributed by atoms with Gasteiger partial charge in [-0.05, 0) is 38.8 Å². The molecular weight excluding hydrogens is 385 g/mol. The number of aryl methyl sites for hydroxylation is 1. The molecule has 2 aromatic heterocycles. The summed E-state index contributed by atoms with van der Waals surface area (Å²) in [6.45, 7) is 8.23. The van der Waals surface area contributed by atoms with Gasteiger partial charge >= 0.3 is 0 Å². The van der Waals surface area contributed by atoms with Gasteiger partial charge in [0.1, 0.15) is 11.6 Å². The van der Waals surface area contributed by atoms with Gasteiger partial charge in [-0.2, -0.15) is 10.1 Å². The number of aromatic nitrogens is 4. The van der Waals surface area contributed by atoms with Gasteiger partial charge in [-0.1, -0.05) is 19.1 Å². The zero-order valence-corrected chi connectivity index (χ0v) is 17.5. The van der Waals surface area contributed by atoms with Crippen LogP contribution in [0.25, 0.3) is 0 Å². The quantitative estimate of drug-likeness (QED) is 0.548. The Balaban J connectivity index is 1.85. The number of primary amides is 1. The lowest BCUT2D eigenvalue weighted by atomic mass is 10.0. The molecular formula is C21H26FN7O. The average Bonchev–Trinajstić information content (AvgIpc) is 3.15. The molecule has 0 fully saturated rings. The van der Waals surface area contributed by atoms with Crippen molar-refractivity contribution in [3.63, 3.8) is 0 Å². The van der Waals surface area contributed by atoms with Gasteiger partial charge in [0.15, 0.2) is 0 Å². The molecule has 30 heavy (non-hydrogen) atoms. The summed E-state index contributed by atoms with van der Waals surface area (Å²) in [7, 11) is 0. The molecule has 0 aliphatic heterocycles. The highest BCUT2D eigenvalue weighted by molar-refractivity contribution is 5.97. The molecule has 0 unspecified atom stereocenters.